The maximum atomic E-state index is 12.9. The molecule has 0 aliphatic carbocycles. The highest BCUT2D eigenvalue weighted by atomic mass is 32.2. The van der Waals surface area contributed by atoms with Gasteiger partial charge >= 0.3 is 5.97 Å². The van der Waals surface area contributed by atoms with Crippen LogP contribution in [-0.2, 0) is 14.8 Å². The zero-order valence-electron chi connectivity index (χ0n) is 15.0. The van der Waals surface area contributed by atoms with Crippen molar-refractivity contribution in [1.29, 1.82) is 0 Å². The Labute approximate surface area is 157 Å². The number of halogens is 1. The normalized spacial score (nSPS) is 11.4. The zero-order valence-corrected chi connectivity index (χ0v) is 15.8. The van der Waals surface area contributed by atoms with Crippen LogP contribution in [0.3, 0.4) is 0 Å². The molecule has 0 unspecified atom stereocenters. The van der Waals surface area contributed by atoms with Crippen LogP contribution in [0.15, 0.2) is 53.4 Å². The Bertz CT molecular complexity index is 921. The van der Waals surface area contributed by atoms with E-state index in [0.717, 1.165) is 12.1 Å². The number of hydrogen-bond acceptors (Lipinski definition) is 5. The largest absolute Gasteiger partial charge is 0.454 e. The minimum absolute atomic E-state index is 0.0227. The van der Waals surface area contributed by atoms with E-state index in [9.17, 15) is 22.4 Å². The molecular weight excluding hydrogens is 373 g/mol. The van der Waals surface area contributed by atoms with Crippen LogP contribution >= 0.6 is 0 Å². The molecule has 0 amide bonds. The molecular formula is C19H20FNO5S. The summed E-state index contributed by atoms with van der Waals surface area (Å²) in [6, 6.07) is 10.3. The molecule has 2 rings (SSSR count). The molecule has 0 saturated heterocycles. The van der Waals surface area contributed by atoms with E-state index in [0.29, 0.717) is 13.1 Å². The number of carbonyl (C=O) groups excluding carboxylic acids is 2. The van der Waals surface area contributed by atoms with Crippen LogP contribution in [0, 0.1) is 5.82 Å². The minimum atomic E-state index is -3.71. The average Bonchev–Trinajstić information content (AvgIpc) is 2.67. The van der Waals surface area contributed by atoms with E-state index in [1.165, 1.54) is 40.7 Å². The van der Waals surface area contributed by atoms with Crippen LogP contribution in [0.5, 0.6) is 0 Å². The summed E-state index contributed by atoms with van der Waals surface area (Å²) in [4.78, 5) is 24.1. The molecule has 0 bridgehead atoms. The van der Waals surface area contributed by atoms with Crippen molar-refractivity contribution >= 4 is 21.8 Å². The molecule has 0 aromatic heterocycles. The van der Waals surface area contributed by atoms with Gasteiger partial charge in [0.05, 0.1) is 10.5 Å². The third kappa shape index (κ3) is 4.99. The van der Waals surface area contributed by atoms with Gasteiger partial charge in [-0.25, -0.2) is 17.6 Å². The molecule has 2 aromatic carbocycles. The standard InChI is InChI=1S/C19H20FNO5S/c1-3-21(4-2)27(24,25)17-7-5-6-15(12-17)19(23)26-13-18(22)14-8-10-16(20)11-9-14/h5-12H,3-4,13H2,1-2H3. The molecule has 27 heavy (non-hydrogen) atoms. The van der Waals surface area contributed by atoms with E-state index >= 15 is 0 Å². The summed E-state index contributed by atoms with van der Waals surface area (Å²) < 4.78 is 44.2. The summed E-state index contributed by atoms with van der Waals surface area (Å²) in [5.41, 5.74) is 0.234. The summed E-state index contributed by atoms with van der Waals surface area (Å²) >= 11 is 0. The van der Waals surface area contributed by atoms with E-state index in [1.807, 2.05) is 0 Å². The van der Waals surface area contributed by atoms with Gasteiger partial charge in [0.1, 0.15) is 5.82 Å². The highest BCUT2D eigenvalue weighted by molar-refractivity contribution is 7.89. The maximum Gasteiger partial charge on any atom is 0.338 e. The molecule has 0 spiro atoms. The lowest BCUT2D eigenvalue weighted by Crippen LogP contribution is -2.30. The van der Waals surface area contributed by atoms with E-state index in [4.69, 9.17) is 4.74 Å². The SMILES string of the molecule is CCN(CC)S(=O)(=O)c1cccc(C(=O)OCC(=O)c2ccc(F)cc2)c1. The summed E-state index contributed by atoms with van der Waals surface area (Å²) in [5.74, 6) is -1.79. The molecule has 6 nitrogen and oxygen atoms in total. The predicted molar refractivity (Wildman–Crippen MR) is 97.6 cm³/mol. The van der Waals surface area contributed by atoms with E-state index in [1.54, 1.807) is 13.8 Å². The summed E-state index contributed by atoms with van der Waals surface area (Å²) in [5, 5.41) is 0. The van der Waals surface area contributed by atoms with Gasteiger partial charge in [0.25, 0.3) is 0 Å². The second kappa shape index (κ2) is 8.88. The van der Waals surface area contributed by atoms with Crippen LogP contribution in [0.4, 0.5) is 4.39 Å². The number of rotatable bonds is 8. The van der Waals surface area contributed by atoms with Gasteiger partial charge < -0.3 is 4.74 Å². The molecule has 0 saturated carbocycles. The summed E-state index contributed by atoms with van der Waals surface area (Å²) in [6.45, 7) is 3.53. The van der Waals surface area contributed by atoms with Crippen molar-refractivity contribution in [2.75, 3.05) is 19.7 Å². The fourth-order valence-electron chi connectivity index (χ4n) is 2.43. The summed E-state index contributed by atoms with van der Waals surface area (Å²) in [6.07, 6.45) is 0. The first-order chi connectivity index (χ1) is 12.8. The van der Waals surface area contributed by atoms with Crippen LogP contribution in [0.1, 0.15) is 34.6 Å². The number of ether oxygens (including phenoxy) is 1. The van der Waals surface area contributed by atoms with Crippen molar-refractivity contribution in [2.45, 2.75) is 18.7 Å². The van der Waals surface area contributed by atoms with Crippen LogP contribution in [0.25, 0.3) is 0 Å². The van der Waals surface area contributed by atoms with Crippen LogP contribution < -0.4 is 0 Å². The number of Topliss-reactive ketones (excluding diaryl/α,β-unsaturated/α-hetero) is 1. The third-order valence-electron chi connectivity index (χ3n) is 3.91. The van der Waals surface area contributed by atoms with E-state index in [2.05, 4.69) is 0 Å². The zero-order chi connectivity index (χ0) is 20.0. The lowest BCUT2D eigenvalue weighted by molar-refractivity contribution is 0.0474. The number of hydrogen-bond donors (Lipinski definition) is 0. The lowest BCUT2D eigenvalue weighted by atomic mass is 10.1. The van der Waals surface area contributed by atoms with Gasteiger partial charge in [-0.05, 0) is 42.5 Å². The Morgan fingerprint density at radius 1 is 1.00 bits per heavy atom. The second-order valence-electron chi connectivity index (χ2n) is 5.62. The van der Waals surface area contributed by atoms with Gasteiger partial charge in [0, 0.05) is 18.7 Å². The van der Waals surface area contributed by atoms with Crippen LogP contribution in [0.2, 0.25) is 0 Å². The van der Waals surface area contributed by atoms with Crippen molar-refractivity contribution in [1.82, 2.24) is 4.31 Å². The molecule has 0 aliphatic rings. The Balaban J connectivity index is 2.11. The number of sulfonamides is 1. The molecule has 144 valence electrons. The Hall–Kier alpha value is -2.58. The molecule has 2 aromatic rings. The third-order valence-corrected chi connectivity index (χ3v) is 5.96. The topological polar surface area (TPSA) is 80.8 Å². The van der Waals surface area contributed by atoms with Gasteiger partial charge in [-0.1, -0.05) is 19.9 Å². The van der Waals surface area contributed by atoms with E-state index in [-0.39, 0.29) is 16.0 Å². The molecule has 0 N–H and O–H groups in total. The smallest absolute Gasteiger partial charge is 0.338 e. The molecule has 0 aliphatic heterocycles. The highest BCUT2D eigenvalue weighted by Gasteiger charge is 2.23. The number of ketones is 1. The first-order valence-corrected chi connectivity index (χ1v) is 9.79. The number of benzene rings is 2. The Kier molecular flexibility index (Phi) is 6.81. The number of carbonyl (C=O) groups is 2. The molecule has 0 fully saturated rings. The van der Waals surface area contributed by atoms with Gasteiger partial charge in [0.2, 0.25) is 10.0 Å². The average molecular weight is 393 g/mol. The maximum absolute atomic E-state index is 12.9. The monoisotopic (exact) mass is 393 g/mol. The van der Waals surface area contributed by atoms with Crippen molar-refractivity contribution in [3.8, 4) is 0 Å². The quantitative estimate of drug-likeness (QED) is 0.509. The van der Waals surface area contributed by atoms with Crippen molar-refractivity contribution < 1.29 is 27.1 Å². The number of esters is 1. The van der Waals surface area contributed by atoms with Gasteiger partial charge in [-0.15, -0.1) is 0 Å². The van der Waals surface area contributed by atoms with E-state index < -0.39 is 34.2 Å². The van der Waals surface area contributed by atoms with Gasteiger partial charge in [-0.3, -0.25) is 4.79 Å². The fourth-order valence-corrected chi connectivity index (χ4v) is 3.93. The Morgan fingerprint density at radius 2 is 1.63 bits per heavy atom. The van der Waals surface area contributed by atoms with Crippen molar-refractivity contribution in [3.05, 3.63) is 65.5 Å². The molecule has 0 heterocycles. The van der Waals surface area contributed by atoms with Gasteiger partial charge in [-0.2, -0.15) is 4.31 Å². The predicted octanol–water partition coefficient (Wildman–Crippen LogP) is 2.90. The fraction of sp³-hybridized carbons (Fsp3) is 0.263. The first-order valence-electron chi connectivity index (χ1n) is 8.35. The summed E-state index contributed by atoms with van der Waals surface area (Å²) in [7, 11) is -3.71. The molecule has 0 radical (unpaired) electrons. The van der Waals surface area contributed by atoms with Crippen LogP contribution in [-0.4, -0.2) is 44.2 Å². The minimum Gasteiger partial charge on any atom is -0.454 e. The first kappa shape index (κ1) is 20.7. The molecule has 8 heteroatoms. The molecule has 0 atom stereocenters. The number of nitrogens with zero attached hydrogens (tertiary/aromatic N) is 1. The second-order valence-corrected chi connectivity index (χ2v) is 7.56. The lowest BCUT2D eigenvalue weighted by Gasteiger charge is -2.18. The van der Waals surface area contributed by atoms with Gasteiger partial charge in [0.15, 0.2) is 12.4 Å². The van der Waals surface area contributed by atoms with Crippen molar-refractivity contribution in [2.24, 2.45) is 0 Å². The van der Waals surface area contributed by atoms with Crippen molar-refractivity contribution in [3.63, 3.8) is 0 Å². The Morgan fingerprint density at radius 3 is 2.22 bits per heavy atom. The highest BCUT2D eigenvalue weighted by Crippen LogP contribution is 2.17.